The predicted molar refractivity (Wildman–Crippen MR) is 59.9 cm³/mol. The molecule has 0 saturated heterocycles. The molecule has 1 aromatic carbocycles. The Balaban J connectivity index is 2.75. The number of rotatable bonds is 1. The lowest BCUT2D eigenvalue weighted by Crippen LogP contribution is -2.19. The molecule has 0 fully saturated rings. The Morgan fingerprint density at radius 3 is 2.45 bits per heavy atom. The summed E-state index contributed by atoms with van der Waals surface area (Å²) in [7, 11) is 0. The van der Waals surface area contributed by atoms with Crippen LogP contribution in [0.3, 0.4) is 0 Å². The zero-order valence-electron chi connectivity index (χ0n) is 9.98. The average Bonchev–Trinajstić information content (AvgIpc) is 2.33. The van der Waals surface area contributed by atoms with E-state index in [2.05, 4.69) is 4.98 Å². The molecule has 0 aliphatic heterocycles. The second-order valence-electron chi connectivity index (χ2n) is 4.03. The minimum absolute atomic E-state index is 0.0250. The molecule has 0 bridgehead atoms. The number of nitrogens with zero attached hydrogens (tertiary/aromatic N) is 1. The van der Waals surface area contributed by atoms with E-state index in [0.717, 1.165) is 12.1 Å². The molecule has 0 aliphatic carbocycles. The third-order valence-corrected chi connectivity index (χ3v) is 2.55. The third kappa shape index (κ3) is 2.54. The highest BCUT2D eigenvalue weighted by atomic mass is 19.4. The molecule has 0 atom stereocenters. The first kappa shape index (κ1) is 14.2. The molecule has 0 radical (unpaired) electrons. The van der Waals surface area contributed by atoms with E-state index in [1.807, 2.05) is 0 Å². The second kappa shape index (κ2) is 4.69. The Kier molecular flexibility index (Phi) is 3.33. The van der Waals surface area contributed by atoms with Crippen LogP contribution in [0.15, 0.2) is 23.0 Å². The van der Waals surface area contributed by atoms with Crippen molar-refractivity contribution in [2.45, 2.75) is 13.1 Å². The van der Waals surface area contributed by atoms with Crippen molar-refractivity contribution in [2.75, 3.05) is 0 Å². The SMILES string of the molecule is Cc1ccc(F)c(-c2cc(=O)[nH]c(C(F)(F)F)n2)c1F. The van der Waals surface area contributed by atoms with Gasteiger partial charge in [0.15, 0.2) is 0 Å². The molecule has 1 N–H and O–H groups in total. The third-order valence-electron chi connectivity index (χ3n) is 2.55. The highest BCUT2D eigenvalue weighted by Gasteiger charge is 2.34. The number of aromatic amines is 1. The Bertz CT molecular complexity index is 721. The molecule has 8 heteroatoms. The molecule has 0 amide bonds. The van der Waals surface area contributed by atoms with Crippen LogP contribution >= 0.6 is 0 Å². The molecule has 2 rings (SSSR count). The van der Waals surface area contributed by atoms with Crippen LogP contribution < -0.4 is 5.56 Å². The molecule has 0 saturated carbocycles. The molecule has 0 aliphatic rings. The van der Waals surface area contributed by atoms with Crippen molar-refractivity contribution in [3.63, 3.8) is 0 Å². The lowest BCUT2D eigenvalue weighted by molar-refractivity contribution is -0.145. The van der Waals surface area contributed by atoms with Crippen LogP contribution in [0.25, 0.3) is 11.3 Å². The molecular weight excluding hydrogens is 283 g/mol. The van der Waals surface area contributed by atoms with Crippen molar-refractivity contribution in [3.05, 3.63) is 51.6 Å². The van der Waals surface area contributed by atoms with Gasteiger partial charge in [-0.1, -0.05) is 6.07 Å². The molecular formula is C12H7F5N2O. The van der Waals surface area contributed by atoms with Gasteiger partial charge in [-0.25, -0.2) is 13.8 Å². The van der Waals surface area contributed by atoms with Gasteiger partial charge in [0.1, 0.15) is 11.6 Å². The summed E-state index contributed by atoms with van der Waals surface area (Å²) in [5.41, 5.74) is -2.60. The number of aryl methyl sites for hydroxylation is 1. The van der Waals surface area contributed by atoms with Gasteiger partial charge >= 0.3 is 6.18 Å². The first-order chi connectivity index (χ1) is 9.20. The fourth-order valence-electron chi connectivity index (χ4n) is 1.61. The molecule has 3 nitrogen and oxygen atoms in total. The van der Waals surface area contributed by atoms with Crippen LogP contribution in [0.1, 0.15) is 11.4 Å². The van der Waals surface area contributed by atoms with Crippen molar-refractivity contribution in [2.24, 2.45) is 0 Å². The van der Waals surface area contributed by atoms with Crippen molar-refractivity contribution >= 4 is 0 Å². The monoisotopic (exact) mass is 290 g/mol. The maximum Gasteiger partial charge on any atom is 0.449 e. The minimum Gasteiger partial charge on any atom is -0.303 e. The zero-order valence-corrected chi connectivity index (χ0v) is 9.98. The van der Waals surface area contributed by atoms with Gasteiger partial charge in [0.2, 0.25) is 5.82 Å². The molecule has 1 heterocycles. The number of hydrogen-bond acceptors (Lipinski definition) is 2. The number of aromatic nitrogens is 2. The maximum atomic E-state index is 13.8. The standard InChI is InChI=1S/C12H7F5N2O/c1-5-2-3-6(13)9(10(5)14)7-4-8(20)19-11(18-7)12(15,16)17/h2-4H,1H3,(H,18,19,20). The molecule has 106 valence electrons. The predicted octanol–water partition coefficient (Wildman–Crippen LogP) is 3.04. The van der Waals surface area contributed by atoms with Gasteiger partial charge in [-0.05, 0) is 18.6 Å². The van der Waals surface area contributed by atoms with Crippen LogP contribution in [0.2, 0.25) is 0 Å². The highest BCUT2D eigenvalue weighted by Crippen LogP contribution is 2.29. The normalized spacial score (nSPS) is 11.7. The Morgan fingerprint density at radius 1 is 1.20 bits per heavy atom. The van der Waals surface area contributed by atoms with Crippen molar-refractivity contribution in [3.8, 4) is 11.3 Å². The number of nitrogens with one attached hydrogen (secondary N) is 1. The van der Waals surface area contributed by atoms with Gasteiger partial charge in [0.25, 0.3) is 5.56 Å². The zero-order chi connectivity index (χ0) is 15.1. The van der Waals surface area contributed by atoms with Gasteiger partial charge in [-0.2, -0.15) is 13.2 Å². The van der Waals surface area contributed by atoms with Crippen molar-refractivity contribution in [1.82, 2.24) is 9.97 Å². The van der Waals surface area contributed by atoms with E-state index in [9.17, 15) is 26.7 Å². The molecule has 0 unspecified atom stereocenters. The number of halogens is 5. The van der Waals surface area contributed by atoms with Crippen LogP contribution in [-0.2, 0) is 6.18 Å². The van der Waals surface area contributed by atoms with E-state index in [0.29, 0.717) is 6.07 Å². The molecule has 1 aromatic heterocycles. The summed E-state index contributed by atoms with van der Waals surface area (Å²) in [6, 6.07) is 2.63. The number of benzene rings is 1. The Labute approximate surface area is 109 Å². The summed E-state index contributed by atoms with van der Waals surface area (Å²) in [4.78, 5) is 15.7. The van der Waals surface area contributed by atoms with Crippen molar-refractivity contribution in [1.29, 1.82) is 0 Å². The number of hydrogen-bond donors (Lipinski definition) is 1. The summed E-state index contributed by atoms with van der Waals surface area (Å²) in [5.74, 6) is -3.77. The molecule has 2 aromatic rings. The van der Waals surface area contributed by atoms with E-state index >= 15 is 0 Å². The van der Waals surface area contributed by atoms with E-state index in [-0.39, 0.29) is 5.56 Å². The first-order valence-corrected chi connectivity index (χ1v) is 5.33. The van der Waals surface area contributed by atoms with Gasteiger partial charge in [0.05, 0.1) is 11.3 Å². The topological polar surface area (TPSA) is 45.8 Å². The maximum absolute atomic E-state index is 13.8. The van der Waals surface area contributed by atoms with Crippen LogP contribution in [0.4, 0.5) is 22.0 Å². The van der Waals surface area contributed by atoms with E-state index in [4.69, 9.17) is 0 Å². The second-order valence-corrected chi connectivity index (χ2v) is 4.03. The number of alkyl halides is 3. The quantitative estimate of drug-likeness (QED) is 0.820. The summed E-state index contributed by atoms with van der Waals surface area (Å²) >= 11 is 0. The average molecular weight is 290 g/mol. The van der Waals surface area contributed by atoms with Gasteiger partial charge in [-0.3, -0.25) is 4.79 Å². The largest absolute Gasteiger partial charge is 0.449 e. The van der Waals surface area contributed by atoms with Crippen LogP contribution in [0, 0.1) is 18.6 Å². The van der Waals surface area contributed by atoms with Crippen molar-refractivity contribution < 1.29 is 22.0 Å². The summed E-state index contributed by atoms with van der Waals surface area (Å²) in [6.07, 6.45) is -4.92. The smallest absolute Gasteiger partial charge is 0.303 e. The fourth-order valence-corrected chi connectivity index (χ4v) is 1.61. The first-order valence-electron chi connectivity index (χ1n) is 5.33. The summed E-state index contributed by atoms with van der Waals surface area (Å²) in [5, 5.41) is 0. The lowest BCUT2D eigenvalue weighted by Gasteiger charge is -2.09. The number of H-pyrrole nitrogens is 1. The molecule has 20 heavy (non-hydrogen) atoms. The molecule has 0 spiro atoms. The van der Waals surface area contributed by atoms with Crippen LogP contribution in [-0.4, -0.2) is 9.97 Å². The summed E-state index contributed by atoms with van der Waals surface area (Å²) < 4.78 is 65.0. The van der Waals surface area contributed by atoms with Gasteiger partial charge < -0.3 is 4.98 Å². The Hall–Kier alpha value is -2.25. The van der Waals surface area contributed by atoms with E-state index in [1.165, 1.54) is 11.9 Å². The summed E-state index contributed by atoms with van der Waals surface area (Å²) in [6.45, 7) is 1.32. The van der Waals surface area contributed by atoms with Gasteiger partial charge in [-0.15, -0.1) is 0 Å². The Morgan fingerprint density at radius 2 is 1.85 bits per heavy atom. The van der Waals surface area contributed by atoms with Crippen LogP contribution in [0.5, 0.6) is 0 Å². The lowest BCUT2D eigenvalue weighted by atomic mass is 10.1. The highest BCUT2D eigenvalue weighted by molar-refractivity contribution is 5.61. The fraction of sp³-hybridized carbons (Fsp3) is 0.167. The van der Waals surface area contributed by atoms with Gasteiger partial charge in [0, 0.05) is 6.07 Å². The van der Waals surface area contributed by atoms with E-state index < -0.39 is 40.5 Å². The minimum atomic E-state index is -4.92. The van der Waals surface area contributed by atoms with E-state index in [1.54, 1.807) is 0 Å².